The first-order valence-electron chi connectivity index (χ1n) is 6.73. The maximum atomic E-state index is 14.2. The van der Waals surface area contributed by atoms with Gasteiger partial charge in [0.05, 0.1) is 12.1 Å². The average Bonchev–Trinajstić information content (AvgIpc) is 2.55. The van der Waals surface area contributed by atoms with Gasteiger partial charge in [-0.25, -0.2) is 4.79 Å². The summed E-state index contributed by atoms with van der Waals surface area (Å²) in [5, 5.41) is 8.88. The van der Waals surface area contributed by atoms with Crippen LogP contribution in [-0.2, 0) is 11.3 Å². The van der Waals surface area contributed by atoms with Crippen LogP contribution in [0.4, 0.5) is 4.48 Å². The number of carboxylic acids is 1. The Morgan fingerprint density at radius 1 is 1.21 bits per heavy atom. The van der Waals surface area contributed by atoms with E-state index in [1.54, 1.807) is 24.3 Å². The van der Waals surface area contributed by atoms with Crippen molar-refractivity contribution in [2.45, 2.75) is 6.54 Å². The van der Waals surface area contributed by atoms with Crippen LogP contribution in [0, 0.1) is 0 Å². The summed E-state index contributed by atoms with van der Waals surface area (Å²) in [6.07, 6.45) is 0. The lowest BCUT2D eigenvalue weighted by molar-refractivity contribution is -0.139. The molecule has 0 aliphatic carbocycles. The highest BCUT2D eigenvalue weighted by Gasteiger charge is 2.21. The van der Waals surface area contributed by atoms with E-state index in [9.17, 15) is 14.1 Å². The van der Waals surface area contributed by atoms with Gasteiger partial charge in [-0.1, -0.05) is 44.1 Å². The van der Waals surface area contributed by atoms with Gasteiger partial charge in [-0.05, 0) is 35.9 Å². The van der Waals surface area contributed by atoms with E-state index in [0.717, 1.165) is 4.47 Å². The fourth-order valence-corrected chi connectivity index (χ4v) is 2.32. The maximum absolute atomic E-state index is 14.2. The van der Waals surface area contributed by atoms with Crippen LogP contribution in [-0.4, -0.2) is 28.7 Å². The van der Waals surface area contributed by atoms with E-state index in [1.165, 1.54) is 18.2 Å². The Morgan fingerprint density at radius 3 is 2.50 bits per heavy atom. The first kappa shape index (κ1) is 18.2. The van der Waals surface area contributed by atoms with Crippen molar-refractivity contribution in [1.82, 2.24) is 5.12 Å². The predicted molar refractivity (Wildman–Crippen MR) is 89.7 cm³/mol. The number of hydrogen-bond acceptors (Lipinski definition) is 3. The van der Waals surface area contributed by atoms with Gasteiger partial charge in [-0.15, -0.1) is 0 Å². The van der Waals surface area contributed by atoms with Crippen molar-refractivity contribution >= 4 is 39.4 Å². The number of carboxylic acid groups (broad SMARTS) is 1. The fourth-order valence-electron chi connectivity index (χ4n) is 1.89. The van der Waals surface area contributed by atoms with Crippen molar-refractivity contribution in [3.8, 4) is 5.75 Å². The fraction of sp³-hybridized carbons (Fsp3) is 0.125. The minimum Gasteiger partial charge on any atom is -0.481 e. The van der Waals surface area contributed by atoms with Gasteiger partial charge in [0.15, 0.2) is 6.61 Å². The summed E-state index contributed by atoms with van der Waals surface area (Å²) in [5.74, 6) is -2.23. The Bertz CT molecular complexity index is 754. The minimum absolute atomic E-state index is 0.0164. The molecule has 2 rings (SSSR count). The Hall–Kier alpha value is -2.12. The van der Waals surface area contributed by atoms with Crippen molar-refractivity contribution in [3.05, 3.63) is 63.1 Å². The molecule has 0 heterocycles. The van der Waals surface area contributed by atoms with E-state index in [-0.39, 0.29) is 28.0 Å². The highest BCUT2D eigenvalue weighted by Crippen LogP contribution is 2.25. The van der Waals surface area contributed by atoms with Crippen molar-refractivity contribution in [1.29, 1.82) is 0 Å². The average molecular weight is 417 g/mol. The third-order valence-corrected chi connectivity index (χ3v) is 3.74. The van der Waals surface area contributed by atoms with Crippen LogP contribution >= 0.6 is 27.5 Å². The van der Waals surface area contributed by atoms with Gasteiger partial charge >= 0.3 is 5.97 Å². The zero-order valence-corrected chi connectivity index (χ0v) is 14.6. The molecule has 0 aliphatic heterocycles. The van der Waals surface area contributed by atoms with Crippen LogP contribution < -0.4 is 4.74 Å². The highest BCUT2D eigenvalue weighted by atomic mass is 79.9. The monoisotopic (exact) mass is 415 g/mol. The molecule has 0 radical (unpaired) electrons. The summed E-state index contributed by atoms with van der Waals surface area (Å²) in [7, 11) is 0. The molecule has 0 spiro atoms. The van der Waals surface area contributed by atoms with Crippen molar-refractivity contribution in [2.75, 3.05) is 6.61 Å². The van der Waals surface area contributed by atoms with Crippen molar-refractivity contribution in [2.24, 2.45) is 0 Å². The Morgan fingerprint density at radius 2 is 1.88 bits per heavy atom. The molecular formula is C16H12BrClFNO4. The predicted octanol–water partition coefficient (Wildman–Crippen LogP) is 4.09. The van der Waals surface area contributed by atoms with E-state index >= 15 is 0 Å². The first-order chi connectivity index (χ1) is 11.4. The third kappa shape index (κ3) is 4.94. The summed E-state index contributed by atoms with van der Waals surface area (Å²) < 4.78 is 20.1. The van der Waals surface area contributed by atoms with Crippen molar-refractivity contribution < 1.29 is 23.9 Å². The normalized spacial score (nSPS) is 10.3. The molecule has 1 N–H and O–H groups in total. The van der Waals surface area contributed by atoms with Gasteiger partial charge in [0, 0.05) is 9.50 Å². The number of amides is 1. The van der Waals surface area contributed by atoms with E-state index in [2.05, 4.69) is 15.9 Å². The standard InChI is InChI=1S/C16H12BrClFNO4/c17-11-3-1-10(2-4-11)8-20(19)16(23)13-7-12(18)5-6-14(13)24-9-15(21)22/h1-7H,8-9H2,(H,21,22). The molecule has 0 atom stereocenters. The molecule has 0 bridgehead atoms. The van der Waals surface area contributed by atoms with Crippen LogP contribution in [0.1, 0.15) is 15.9 Å². The number of benzene rings is 2. The number of halogens is 3. The maximum Gasteiger partial charge on any atom is 0.341 e. The van der Waals surface area contributed by atoms with Crippen molar-refractivity contribution in [3.63, 3.8) is 0 Å². The lowest BCUT2D eigenvalue weighted by Gasteiger charge is -2.15. The minimum atomic E-state index is -1.21. The second-order valence-electron chi connectivity index (χ2n) is 4.77. The molecule has 1 amide bonds. The number of carbonyl (C=O) groups is 2. The van der Waals surface area contributed by atoms with Gasteiger partial charge in [0.1, 0.15) is 5.75 Å². The first-order valence-corrected chi connectivity index (χ1v) is 7.90. The van der Waals surface area contributed by atoms with Gasteiger partial charge < -0.3 is 9.84 Å². The molecule has 0 aromatic heterocycles. The number of ether oxygens (including phenoxy) is 1. The number of hydrogen-bond donors (Lipinski definition) is 1. The lowest BCUT2D eigenvalue weighted by Crippen LogP contribution is -2.23. The molecule has 8 heteroatoms. The van der Waals surface area contributed by atoms with E-state index in [1.807, 2.05) is 0 Å². The van der Waals surface area contributed by atoms with E-state index in [0.29, 0.717) is 5.56 Å². The number of carbonyl (C=O) groups excluding carboxylic acids is 1. The summed E-state index contributed by atoms with van der Waals surface area (Å²) in [4.78, 5) is 22.9. The molecule has 0 saturated heterocycles. The molecule has 0 fully saturated rings. The molecule has 2 aromatic carbocycles. The summed E-state index contributed by atoms with van der Waals surface area (Å²) in [5.41, 5.74) is 0.437. The van der Waals surface area contributed by atoms with E-state index < -0.39 is 18.5 Å². The van der Waals surface area contributed by atoms with Gasteiger partial charge in [-0.2, -0.15) is 5.12 Å². The molecule has 0 aliphatic rings. The molecular weight excluding hydrogens is 405 g/mol. The summed E-state index contributed by atoms with van der Waals surface area (Å²) in [6, 6.07) is 10.8. The summed E-state index contributed by atoms with van der Waals surface area (Å²) in [6.45, 7) is -0.919. The second-order valence-corrected chi connectivity index (χ2v) is 6.13. The smallest absolute Gasteiger partial charge is 0.341 e. The van der Waals surface area contributed by atoms with Crippen LogP contribution in [0.2, 0.25) is 5.02 Å². The molecule has 0 saturated carbocycles. The molecule has 5 nitrogen and oxygen atoms in total. The highest BCUT2D eigenvalue weighted by molar-refractivity contribution is 9.10. The summed E-state index contributed by atoms with van der Waals surface area (Å²) >= 11 is 9.11. The van der Waals surface area contributed by atoms with Gasteiger partial charge in [0.2, 0.25) is 0 Å². The number of nitrogens with zero attached hydrogens (tertiary/aromatic N) is 1. The SMILES string of the molecule is O=C(O)COc1ccc(Cl)cc1C(=O)N(F)Cc1ccc(Br)cc1. The van der Waals surface area contributed by atoms with Crippen LogP contribution in [0.5, 0.6) is 5.75 Å². The largest absolute Gasteiger partial charge is 0.481 e. The molecule has 126 valence electrons. The Kier molecular flexibility index (Phi) is 6.16. The van der Waals surface area contributed by atoms with Gasteiger partial charge in [-0.3, -0.25) is 4.79 Å². The number of rotatable bonds is 6. The van der Waals surface area contributed by atoms with Crippen LogP contribution in [0.25, 0.3) is 0 Å². The topological polar surface area (TPSA) is 66.8 Å². The van der Waals surface area contributed by atoms with E-state index in [4.69, 9.17) is 21.4 Å². The molecule has 0 unspecified atom stereocenters. The Labute approximate surface area is 150 Å². The lowest BCUT2D eigenvalue weighted by atomic mass is 10.1. The molecule has 24 heavy (non-hydrogen) atoms. The van der Waals surface area contributed by atoms with Gasteiger partial charge in [0.25, 0.3) is 5.91 Å². The Balaban J connectivity index is 2.19. The zero-order valence-electron chi connectivity index (χ0n) is 12.2. The van der Waals surface area contributed by atoms with Crippen LogP contribution in [0.15, 0.2) is 46.9 Å². The number of aliphatic carboxylic acids is 1. The molecule has 2 aromatic rings. The van der Waals surface area contributed by atoms with Crippen LogP contribution in [0.3, 0.4) is 0 Å². The second kappa shape index (κ2) is 8.12. The zero-order chi connectivity index (χ0) is 17.7. The third-order valence-electron chi connectivity index (χ3n) is 2.98. The quantitative estimate of drug-likeness (QED) is 0.720.